The number of imidazole rings is 1. The van der Waals surface area contributed by atoms with Crippen LogP contribution in [0.25, 0.3) is 5.69 Å². The Morgan fingerprint density at radius 2 is 1.76 bits per heavy atom. The summed E-state index contributed by atoms with van der Waals surface area (Å²) in [7, 11) is 0. The van der Waals surface area contributed by atoms with Crippen molar-refractivity contribution in [3.63, 3.8) is 0 Å². The van der Waals surface area contributed by atoms with Crippen molar-refractivity contribution >= 4 is 11.9 Å². The first-order chi connectivity index (χ1) is 12.0. The molecule has 2 aromatic carbocycles. The summed E-state index contributed by atoms with van der Waals surface area (Å²) in [6.45, 7) is 0.0342. The van der Waals surface area contributed by atoms with Gasteiger partial charge in [-0.25, -0.2) is 14.2 Å². The Morgan fingerprint density at radius 3 is 2.40 bits per heavy atom. The first-order valence-electron chi connectivity index (χ1n) is 7.39. The highest BCUT2D eigenvalue weighted by molar-refractivity contribution is 5.92. The normalized spacial score (nSPS) is 10.4. The minimum atomic E-state index is -0.569. The number of amides is 1. The number of nitrogens with two attached hydrogens (primary N) is 1. The van der Waals surface area contributed by atoms with Crippen LogP contribution in [-0.2, 0) is 11.3 Å². The lowest BCUT2D eigenvalue weighted by molar-refractivity contribution is 0.0463. The maximum absolute atomic E-state index is 13.0. The van der Waals surface area contributed by atoms with Crippen LogP contribution >= 0.6 is 0 Å². The van der Waals surface area contributed by atoms with Crippen molar-refractivity contribution in [2.75, 3.05) is 0 Å². The molecule has 1 aromatic heterocycles. The number of hydrogen-bond acceptors (Lipinski definition) is 4. The van der Waals surface area contributed by atoms with Crippen LogP contribution in [0, 0.1) is 5.82 Å². The molecule has 0 aliphatic carbocycles. The quantitative estimate of drug-likeness (QED) is 0.723. The topological polar surface area (TPSA) is 87.2 Å². The molecule has 0 fully saturated rings. The van der Waals surface area contributed by atoms with Crippen molar-refractivity contribution in [1.29, 1.82) is 0 Å². The lowest BCUT2D eigenvalue weighted by Gasteiger charge is -2.09. The van der Waals surface area contributed by atoms with Crippen LogP contribution in [0.2, 0.25) is 0 Å². The molecule has 2 N–H and O–H groups in total. The van der Waals surface area contributed by atoms with Crippen LogP contribution in [0.4, 0.5) is 4.39 Å². The second-order valence-electron chi connectivity index (χ2n) is 5.26. The van der Waals surface area contributed by atoms with Gasteiger partial charge >= 0.3 is 5.97 Å². The zero-order valence-electron chi connectivity index (χ0n) is 13.1. The van der Waals surface area contributed by atoms with Gasteiger partial charge in [0.15, 0.2) is 5.69 Å². The molecule has 25 heavy (non-hydrogen) atoms. The Balaban J connectivity index is 1.71. The van der Waals surface area contributed by atoms with Crippen molar-refractivity contribution in [2.45, 2.75) is 6.61 Å². The highest BCUT2D eigenvalue weighted by atomic mass is 19.1. The van der Waals surface area contributed by atoms with Crippen LogP contribution in [0.1, 0.15) is 26.4 Å². The molecule has 1 amide bonds. The molecular formula is C18H14FN3O3. The number of primary amides is 1. The van der Waals surface area contributed by atoms with E-state index in [-0.39, 0.29) is 18.1 Å². The third-order valence-electron chi connectivity index (χ3n) is 3.56. The van der Waals surface area contributed by atoms with E-state index in [0.29, 0.717) is 16.8 Å². The van der Waals surface area contributed by atoms with E-state index in [1.54, 1.807) is 24.3 Å². The fourth-order valence-corrected chi connectivity index (χ4v) is 2.24. The summed E-state index contributed by atoms with van der Waals surface area (Å²) in [5.41, 5.74) is 7.08. The molecular weight excluding hydrogens is 325 g/mol. The van der Waals surface area contributed by atoms with E-state index in [0.717, 1.165) is 0 Å². The van der Waals surface area contributed by atoms with Gasteiger partial charge in [0.25, 0.3) is 0 Å². The molecule has 1 heterocycles. The maximum Gasteiger partial charge on any atom is 0.357 e. The standard InChI is InChI=1S/C18H14FN3O3/c19-14-5-7-15(8-6-14)22-11-21-9-16(22)18(24)25-10-12-1-3-13(4-2-12)17(20)23/h1-9,11H,10H2,(H2,20,23). The minimum Gasteiger partial charge on any atom is -0.456 e. The summed E-state index contributed by atoms with van der Waals surface area (Å²) in [5, 5.41) is 0. The Hall–Kier alpha value is -3.48. The average molecular weight is 339 g/mol. The van der Waals surface area contributed by atoms with Gasteiger partial charge in [-0.15, -0.1) is 0 Å². The van der Waals surface area contributed by atoms with Gasteiger partial charge in [0.2, 0.25) is 5.91 Å². The zero-order valence-corrected chi connectivity index (χ0v) is 13.1. The van der Waals surface area contributed by atoms with Gasteiger partial charge in [0, 0.05) is 11.3 Å². The monoisotopic (exact) mass is 339 g/mol. The molecule has 3 rings (SSSR count). The largest absolute Gasteiger partial charge is 0.456 e. The Labute approximate surface area is 142 Å². The number of nitrogens with zero attached hydrogens (tertiary/aromatic N) is 2. The van der Waals surface area contributed by atoms with Crippen molar-refractivity contribution in [3.05, 3.63) is 83.7 Å². The highest BCUT2D eigenvalue weighted by Gasteiger charge is 2.15. The molecule has 0 aliphatic heterocycles. The molecule has 6 nitrogen and oxygen atoms in total. The summed E-state index contributed by atoms with van der Waals surface area (Å²) in [6.07, 6.45) is 2.83. The predicted molar refractivity (Wildman–Crippen MR) is 87.6 cm³/mol. The molecule has 126 valence electrons. The first kappa shape index (κ1) is 16.4. The number of esters is 1. The van der Waals surface area contributed by atoms with Gasteiger partial charge in [-0.3, -0.25) is 9.36 Å². The number of aromatic nitrogens is 2. The van der Waals surface area contributed by atoms with E-state index in [1.165, 1.54) is 41.4 Å². The summed E-state index contributed by atoms with van der Waals surface area (Å²) in [4.78, 5) is 27.3. The number of ether oxygens (including phenoxy) is 1. The number of halogens is 1. The minimum absolute atomic E-state index is 0.0342. The first-order valence-corrected chi connectivity index (χ1v) is 7.39. The van der Waals surface area contributed by atoms with Gasteiger partial charge in [-0.05, 0) is 42.0 Å². The number of hydrogen-bond donors (Lipinski definition) is 1. The smallest absolute Gasteiger partial charge is 0.357 e. The van der Waals surface area contributed by atoms with Gasteiger partial charge in [-0.2, -0.15) is 0 Å². The lowest BCUT2D eigenvalue weighted by atomic mass is 10.1. The summed E-state index contributed by atoms with van der Waals surface area (Å²) in [6, 6.07) is 12.1. The third-order valence-corrected chi connectivity index (χ3v) is 3.56. The maximum atomic E-state index is 13.0. The van der Waals surface area contributed by atoms with Gasteiger partial charge in [-0.1, -0.05) is 12.1 Å². The number of carbonyl (C=O) groups excluding carboxylic acids is 2. The van der Waals surface area contributed by atoms with Crippen LogP contribution in [0.15, 0.2) is 61.1 Å². The SMILES string of the molecule is NC(=O)c1ccc(COC(=O)c2cncn2-c2ccc(F)cc2)cc1. The van der Waals surface area contributed by atoms with E-state index < -0.39 is 11.9 Å². The van der Waals surface area contributed by atoms with E-state index in [9.17, 15) is 14.0 Å². The number of rotatable bonds is 5. The summed E-state index contributed by atoms with van der Waals surface area (Å²) >= 11 is 0. The number of carbonyl (C=O) groups is 2. The lowest BCUT2D eigenvalue weighted by Crippen LogP contribution is -2.12. The van der Waals surface area contributed by atoms with Gasteiger partial charge < -0.3 is 10.5 Å². The Morgan fingerprint density at radius 1 is 1.08 bits per heavy atom. The van der Waals surface area contributed by atoms with Crippen molar-refractivity contribution in [2.24, 2.45) is 5.73 Å². The zero-order chi connectivity index (χ0) is 17.8. The second kappa shape index (κ2) is 6.96. The number of benzene rings is 2. The van der Waals surface area contributed by atoms with Crippen LogP contribution in [-0.4, -0.2) is 21.4 Å². The average Bonchev–Trinajstić information content (AvgIpc) is 3.10. The van der Waals surface area contributed by atoms with E-state index in [4.69, 9.17) is 10.5 Å². The van der Waals surface area contributed by atoms with Crippen molar-refractivity contribution in [1.82, 2.24) is 9.55 Å². The van der Waals surface area contributed by atoms with E-state index in [1.807, 2.05) is 0 Å². The van der Waals surface area contributed by atoms with Crippen molar-refractivity contribution < 1.29 is 18.7 Å². The predicted octanol–water partition coefficient (Wildman–Crippen LogP) is 2.47. The molecule has 0 bridgehead atoms. The van der Waals surface area contributed by atoms with Gasteiger partial charge in [0.1, 0.15) is 12.4 Å². The third kappa shape index (κ3) is 3.72. The van der Waals surface area contributed by atoms with E-state index >= 15 is 0 Å². The van der Waals surface area contributed by atoms with Crippen LogP contribution in [0.3, 0.4) is 0 Å². The molecule has 0 radical (unpaired) electrons. The Kier molecular flexibility index (Phi) is 4.56. The summed E-state index contributed by atoms with van der Waals surface area (Å²) in [5.74, 6) is -1.46. The van der Waals surface area contributed by atoms with E-state index in [2.05, 4.69) is 4.98 Å². The molecule has 0 spiro atoms. The van der Waals surface area contributed by atoms with Crippen molar-refractivity contribution in [3.8, 4) is 5.69 Å². The Bertz CT molecular complexity index is 902. The second-order valence-corrected chi connectivity index (χ2v) is 5.26. The molecule has 3 aromatic rings. The molecule has 7 heteroatoms. The summed E-state index contributed by atoms with van der Waals surface area (Å²) < 4.78 is 19.8. The molecule has 0 unspecified atom stereocenters. The molecule has 0 aliphatic rings. The fourth-order valence-electron chi connectivity index (χ4n) is 2.24. The highest BCUT2D eigenvalue weighted by Crippen LogP contribution is 2.14. The molecule has 0 atom stereocenters. The molecule has 0 saturated heterocycles. The molecule has 0 saturated carbocycles. The van der Waals surface area contributed by atoms with Crippen LogP contribution in [0.5, 0.6) is 0 Å². The van der Waals surface area contributed by atoms with Gasteiger partial charge in [0.05, 0.1) is 12.5 Å². The van der Waals surface area contributed by atoms with Crippen LogP contribution < -0.4 is 5.73 Å². The fraction of sp³-hybridized carbons (Fsp3) is 0.0556.